The normalized spacial score (nSPS) is 24.6. The lowest BCUT2D eigenvalue weighted by molar-refractivity contribution is -0.124. The summed E-state index contributed by atoms with van der Waals surface area (Å²) in [6.07, 6.45) is 4.55. The van der Waals surface area contributed by atoms with E-state index in [1.807, 2.05) is 7.05 Å². The van der Waals surface area contributed by atoms with Crippen LogP contribution < -0.4 is 11.1 Å². The number of nitrogens with two attached hydrogens (primary N) is 1. The highest BCUT2D eigenvalue weighted by molar-refractivity contribution is 5.78. The molecule has 0 spiro atoms. The molecular formula is C14H29N3O. The number of likely N-dealkylation sites (N-methyl/N-ethyl adjacent to an activating group) is 1. The van der Waals surface area contributed by atoms with Gasteiger partial charge in [-0.25, -0.2) is 0 Å². The van der Waals surface area contributed by atoms with Crippen LogP contribution in [-0.2, 0) is 4.79 Å². The van der Waals surface area contributed by atoms with E-state index in [1.165, 1.54) is 19.3 Å². The molecule has 1 saturated carbocycles. The van der Waals surface area contributed by atoms with E-state index in [0.29, 0.717) is 18.5 Å². The molecule has 2 unspecified atom stereocenters. The molecule has 3 N–H and O–H groups in total. The molecule has 0 aromatic heterocycles. The maximum absolute atomic E-state index is 12.0. The van der Waals surface area contributed by atoms with Gasteiger partial charge in [0.2, 0.25) is 5.91 Å². The molecule has 2 atom stereocenters. The maximum atomic E-state index is 12.0. The van der Waals surface area contributed by atoms with Crippen LogP contribution in [0.5, 0.6) is 0 Å². The summed E-state index contributed by atoms with van der Waals surface area (Å²) in [5, 5.41) is 3.08. The van der Waals surface area contributed by atoms with E-state index >= 15 is 0 Å². The zero-order valence-electron chi connectivity index (χ0n) is 12.3. The van der Waals surface area contributed by atoms with Gasteiger partial charge in [-0.15, -0.1) is 0 Å². The molecule has 0 radical (unpaired) electrons. The summed E-state index contributed by atoms with van der Waals surface area (Å²) in [5.74, 6) is 0.675. The van der Waals surface area contributed by atoms with Crippen molar-refractivity contribution in [2.75, 3.05) is 20.1 Å². The summed E-state index contributed by atoms with van der Waals surface area (Å²) in [4.78, 5) is 14.2. The summed E-state index contributed by atoms with van der Waals surface area (Å²) in [5.41, 5.74) is 5.68. The van der Waals surface area contributed by atoms with Crippen LogP contribution in [0.4, 0.5) is 0 Å². The summed E-state index contributed by atoms with van der Waals surface area (Å²) >= 11 is 0. The predicted octanol–water partition coefficient (Wildman–Crippen LogP) is 1.35. The summed E-state index contributed by atoms with van der Waals surface area (Å²) in [6, 6.07) is 0.477. The fourth-order valence-electron chi connectivity index (χ4n) is 2.72. The third kappa shape index (κ3) is 4.25. The Balaban J connectivity index is 2.44. The lowest BCUT2D eigenvalue weighted by Crippen LogP contribution is -2.49. The van der Waals surface area contributed by atoms with E-state index < -0.39 is 0 Å². The number of amides is 1. The fourth-order valence-corrected chi connectivity index (χ4v) is 2.72. The lowest BCUT2D eigenvalue weighted by Gasteiger charge is -2.31. The van der Waals surface area contributed by atoms with Crippen molar-refractivity contribution in [1.82, 2.24) is 10.2 Å². The Morgan fingerprint density at radius 3 is 2.67 bits per heavy atom. The molecule has 18 heavy (non-hydrogen) atoms. The SMILES string of the molecule is CCC(C)(C)NC(=O)CN(C)C1CCCC1CN. The first-order valence-corrected chi connectivity index (χ1v) is 7.11. The van der Waals surface area contributed by atoms with Crippen LogP contribution >= 0.6 is 0 Å². The summed E-state index contributed by atoms with van der Waals surface area (Å²) < 4.78 is 0. The van der Waals surface area contributed by atoms with Gasteiger partial charge in [0, 0.05) is 11.6 Å². The van der Waals surface area contributed by atoms with Crippen molar-refractivity contribution in [2.24, 2.45) is 11.7 Å². The molecular weight excluding hydrogens is 226 g/mol. The average Bonchev–Trinajstić information content (AvgIpc) is 2.76. The van der Waals surface area contributed by atoms with Crippen molar-refractivity contribution < 1.29 is 4.79 Å². The molecule has 0 saturated heterocycles. The van der Waals surface area contributed by atoms with Crippen LogP contribution in [-0.4, -0.2) is 42.5 Å². The molecule has 4 nitrogen and oxygen atoms in total. The van der Waals surface area contributed by atoms with Crippen molar-refractivity contribution in [2.45, 2.75) is 58.0 Å². The molecule has 0 bridgehead atoms. The minimum absolute atomic E-state index is 0.110. The molecule has 1 rings (SSSR count). The quantitative estimate of drug-likeness (QED) is 0.753. The number of rotatable bonds is 6. The van der Waals surface area contributed by atoms with Gasteiger partial charge in [-0.1, -0.05) is 13.3 Å². The van der Waals surface area contributed by atoms with Crippen LogP contribution in [0.1, 0.15) is 46.5 Å². The Kier molecular flexibility index (Phi) is 5.60. The Hall–Kier alpha value is -0.610. The largest absolute Gasteiger partial charge is 0.350 e. The van der Waals surface area contributed by atoms with Gasteiger partial charge >= 0.3 is 0 Å². The second-order valence-corrected chi connectivity index (χ2v) is 6.19. The second-order valence-electron chi connectivity index (χ2n) is 6.19. The van der Waals surface area contributed by atoms with E-state index in [4.69, 9.17) is 5.73 Å². The van der Waals surface area contributed by atoms with Gasteiger partial charge in [0.05, 0.1) is 6.54 Å². The van der Waals surface area contributed by atoms with Crippen molar-refractivity contribution in [1.29, 1.82) is 0 Å². The molecule has 0 heterocycles. The van der Waals surface area contributed by atoms with E-state index in [0.717, 1.165) is 13.0 Å². The highest BCUT2D eigenvalue weighted by atomic mass is 16.2. The molecule has 0 aromatic carbocycles. The summed E-state index contributed by atoms with van der Waals surface area (Å²) in [6.45, 7) is 7.42. The Labute approximate surface area is 111 Å². The molecule has 0 aromatic rings. The molecule has 106 valence electrons. The zero-order valence-corrected chi connectivity index (χ0v) is 12.3. The van der Waals surface area contributed by atoms with E-state index in [1.54, 1.807) is 0 Å². The van der Waals surface area contributed by atoms with Crippen molar-refractivity contribution in [3.63, 3.8) is 0 Å². The number of nitrogens with one attached hydrogen (secondary N) is 1. The number of carbonyl (C=O) groups excluding carboxylic acids is 1. The Morgan fingerprint density at radius 1 is 1.44 bits per heavy atom. The number of hydrogen-bond acceptors (Lipinski definition) is 3. The number of carbonyl (C=O) groups is 1. The van der Waals surface area contributed by atoms with Crippen molar-refractivity contribution in [3.05, 3.63) is 0 Å². The fraction of sp³-hybridized carbons (Fsp3) is 0.929. The average molecular weight is 255 g/mol. The minimum Gasteiger partial charge on any atom is -0.350 e. The molecule has 4 heteroatoms. The minimum atomic E-state index is -0.110. The number of hydrogen-bond donors (Lipinski definition) is 2. The van der Waals surface area contributed by atoms with E-state index in [2.05, 4.69) is 31.0 Å². The lowest BCUT2D eigenvalue weighted by atomic mass is 10.0. The highest BCUT2D eigenvalue weighted by Gasteiger charge is 2.30. The standard InChI is InChI=1S/C14H29N3O/c1-5-14(2,3)16-13(18)10-17(4)12-8-6-7-11(12)9-15/h11-12H,5-10,15H2,1-4H3,(H,16,18). The van der Waals surface area contributed by atoms with Crippen molar-refractivity contribution >= 4 is 5.91 Å². The van der Waals surface area contributed by atoms with Gasteiger partial charge in [-0.2, -0.15) is 0 Å². The van der Waals surface area contributed by atoms with Gasteiger partial charge in [0.1, 0.15) is 0 Å². The zero-order chi connectivity index (χ0) is 13.8. The predicted molar refractivity (Wildman–Crippen MR) is 75.3 cm³/mol. The second kappa shape index (κ2) is 6.53. The van der Waals surface area contributed by atoms with E-state index in [-0.39, 0.29) is 11.4 Å². The van der Waals surface area contributed by atoms with Gasteiger partial charge in [0.15, 0.2) is 0 Å². The Morgan fingerprint density at radius 2 is 2.11 bits per heavy atom. The van der Waals surface area contributed by atoms with Crippen LogP contribution in [0.3, 0.4) is 0 Å². The highest BCUT2D eigenvalue weighted by Crippen LogP contribution is 2.28. The number of nitrogens with zero attached hydrogens (tertiary/aromatic N) is 1. The van der Waals surface area contributed by atoms with Crippen LogP contribution in [0, 0.1) is 5.92 Å². The first-order chi connectivity index (χ1) is 8.39. The maximum Gasteiger partial charge on any atom is 0.234 e. The molecule has 1 amide bonds. The molecule has 1 aliphatic rings. The van der Waals surface area contributed by atoms with Crippen LogP contribution in [0.15, 0.2) is 0 Å². The molecule has 1 aliphatic carbocycles. The first-order valence-electron chi connectivity index (χ1n) is 7.11. The van der Waals surface area contributed by atoms with Crippen LogP contribution in [0.25, 0.3) is 0 Å². The summed E-state index contributed by atoms with van der Waals surface area (Å²) in [7, 11) is 2.04. The third-order valence-corrected chi connectivity index (χ3v) is 4.24. The van der Waals surface area contributed by atoms with Crippen molar-refractivity contribution in [3.8, 4) is 0 Å². The third-order valence-electron chi connectivity index (χ3n) is 4.24. The molecule has 0 aliphatic heterocycles. The van der Waals surface area contributed by atoms with Gasteiger partial charge in [-0.05, 0) is 52.6 Å². The first kappa shape index (κ1) is 15.4. The molecule has 1 fully saturated rings. The Bertz CT molecular complexity index is 278. The van der Waals surface area contributed by atoms with E-state index in [9.17, 15) is 4.79 Å². The topological polar surface area (TPSA) is 58.4 Å². The van der Waals surface area contributed by atoms with Gasteiger partial charge < -0.3 is 11.1 Å². The smallest absolute Gasteiger partial charge is 0.234 e. The monoisotopic (exact) mass is 255 g/mol. The van der Waals surface area contributed by atoms with Crippen LogP contribution in [0.2, 0.25) is 0 Å². The van der Waals surface area contributed by atoms with Gasteiger partial charge in [0.25, 0.3) is 0 Å². The van der Waals surface area contributed by atoms with Gasteiger partial charge in [-0.3, -0.25) is 9.69 Å².